The third kappa shape index (κ3) is 3.42. The molecule has 0 amide bonds. The first kappa shape index (κ1) is 18.3. The summed E-state index contributed by atoms with van der Waals surface area (Å²) in [5, 5.41) is 11.6. The largest absolute Gasteiger partial charge is 0.299 e. The number of benzene rings is 2. The van der Waals surface area contributed by atoms with Gasteiger partial charge in [0.05, 0.1) is 17.1 Å². The quantitative estimate of drug-likeness (QED) is 0.538. The lowest BCUT2D eigenvalue weighted by atomic mass is 10.1. The maximum Gasteiger partial charge on any atom is 0.299 e. The third-order valence-corrected chi connectivity index (χ3v) is 5.36. The first-order chi connectivity index (χ1) is 12.4. The summed E-state index contributed by atoms with van der Waals surface area (Å²) in [5.74, 6) is 0. The average molecular weight is 413 g/mol. The van der Waals surface area contributed by atoms with Gasteiger partial charge >= 0.3 is 0 Å². The van der Waals surface area contributed by atoms with Crippen LogP contribution in [0.4, 0.5) is 11.4 Å². The fourth-order valence-electron chi connectivity index (χ4n) is 2.86. The van der Waals surface area contributed by atoms with E-state index in [9.17, 15) is 4.79 Å². The highest BCUT2D eigenvalue weighted by molar-refractivity contribution is 9.10. The summed E-state index contributed by atoms with van der Waals surface area (Å²) < 4.78 is 2.48. The molecule has 0 atom stereocenters. The predicted molar refractivity (Wildman–Crippen MR) is 108 cm³/mol. The Bertz CT molecular complexity index is 1050. The van der Waals surface area contributed by atoms with Crippen molar-refractivity contribution in [2.75, 3.05) is 0 Å². The number of azo groups is 1. The highest BCUT2D eigenvalue weighted by Crippen LogP contribution is 2.27. The normalized spacial score (nSPS) is 11.4. The summed E-state index contributed by atoms with van der Waals surface area (Å²) in [6, 6.07) is 11.7. The fraction of sp³-hybridized carbons (Fsp3) is 0.250. The number of aromatic nitrogens is 2. The highest BCUT2D eigenvalue weighted by atomic mass is 79.9. The molecule has 134 valence electrons. The fourth-order valence-corrected chi connectivity index (χ4v) is 3.22. The molecule has 0 saturated heterocycles. The topological polar surface area (TPSA) is 62.5 Å². The zero-order valence-corrected chi connectivity index (χ0v) is 16.9. The minimum absolute atomic E-state index is 0.206. The molecule has 0 spiro atoms. The van der Waals surface area contributed by atoms with Gasteiger partial charge in [0, 0.05) is 4.47 Å². The average Bonchev–Trinajstić information content (AvgIpc) is 2.90. The zero-order chi connectivity index (χ0) is 18.8. The molecular formula is C20H21BrN4O. The van der Waals surface area contributed by atoms with Gasteiger partial charge in [-0.3, -0.25) is 9.89 Å². The molecule has 2 aromatic carbocycles. The van der Waals surface area contributed by atoms with Crippen molar-refractivity contribution in [2.45, 2.75) is 34.1 Å². The van der Waals surface area contributed by atoms with Gasteiger partial charge in [-0.05, 0) is 68.1 Å². The maximum absolute atomic E-state index is 12.8. The number of nitrogens with zero attached hydrogens (tertiary/aromatic N) is 3. The van der Waals surface area contributed by atoms with Gasteiger partial charge in [-0.2, -0.15) is 0 Å². The molecule has 1 aromatic heterocycles. The van der Waals surface area contributed by atoms with Crippen LogP contribution in [0.15, 0.2) is 55.9 Å². The van der Waals surface area contributed by atoms with Crippen LogP contribution in [0, 0.1) is 20.8 Å². The van der Waals surface area contributed by atoms with Gasteiger partial charge in [-0.1, -0.05) is 35.0 Å². The van der Waals surface area contributed by atoms with Crippen molar-refractivity contribution >= 4 is 27.3 Å². The molecule has 0 saturated carbocycles. The van der Waals surface area contributed by atoms with E-state index in [1.807, 2.05) is 44.2 Å². The summed E-state index contributed by atoms with van der Waals surface area (Å²) in [5.41, 5.74) is 5.75. The molecule has 0 fully saturated rings. The number of hydrogen-bond acceptors (Lipinski definition) is 3. The summed E-state index contributed by atoms with van der Waals surface area (Å²) >= 11 is 3.48. The molecule has 0 aliphatic rings. The van der Waals surface area contributed by atoms with Gasteiger partial charge < -0.3 is 0 Å². The van der Waals surface area contributed by atoms with Crippen LogP contribution < -0.4 is 5.56 Å². The second-order valence-electron chi connectivity index (χ2n) is 6.27. The van der Waals surface area contributed by atoms with Gasteiger partial charge in [0.25, 0.3) is 5.56 Å². The van der Waals surface area contributed by atoms with Gasteiger partial charge in [0.15, 0.2) is 5.69 Å². The van der Waals surface area contributed by atoms with E-state index in [1.165, 1.54) is 10.2 Å². The van der Waals surface area contributed by atoms with E-state index < -0.39 is 0 Å². The molecule has 0 unspecified atom stereocenters. The number of hydrogen-bond donors (Lipinski definition) is 1. The summed E-state index contributed by atoms with van der Waals surface area (Å²) in [4.78, 5) is 12.8. The summed E-state index contributed by atoms with van der Waals surface area (Å²) in [6.45, 7) is 7.96. The van der Waals surface area contributed by atoms with Crippen molar-refractivity contribution in [1.82, 2.24) is 9.78 Å². The van der Waals surface area contributed by atoms with Crippen LogP contribution in [-0.4, -0.2) is 9.78 Å². The van der Waals surface area contributed by atoms with Crippen LogP contribution in [0.25, 0.3) is 5.69 Å². The minimum atomic E-state index is -0.206. The molecular weight excluding hydrogens is 392 g/mol. The molecule has 26 heavy (non-hydrogen) atoms. The van der Waals surface area contributed by atoms with Crippen molar-refractivity contribution in [1.29, 1.82) is 0 Å². The molecule has 3 rings (SSSR count). The van der Waals surface area contributed by atoms with Crippen molar-refractivity contribution < 1.29 is 0 Å². The predicted octanol–water partition coefficient (Wildman–Crippen LogP) is 5.83. The Balaban J connectivity index is 2.01. The SMILES string of the molecule is CCc1ccc(-n2[nH]c(C)c(N=Nc3cccc(Br)c3C)c2=O)cc1C. The molecule has 5 nitrogen and oxygen atoms in total. The molecule has 0 aliphatic carbocycles. The van der Waals surface area contributed by atoms with Crippen molar-refractivity contribution in [3.8, 4) is 5.69 Å². The van der Waals surface area contributed by atoms with Crippen LogP contribution in [0.3, 0.4) is 0 Å². The van der Waals surface area contributed by atoms with Crippen LogP contribution >= 0.6 is 15.9 Å². The Kier molecular flexibility index (Phi) is 5.23. The third-order valence-electron chi connectivity index (χ3n) is 4.50. The van der Waals surface area contributed by atoms with E-state index in [0.717, 1.165) is 33.4 Å². The Labute approximate surface area is 160 Å². The van der Waals surface area contributed by atoms with E-state index in [0.29, 0.717) is 11.4 Å². The molecule has 1 N–H and O–H groups in total. The first-order valence-electron chi connectivity index (χ1n) is 8.50. The van der Waals surface area contributed by atoms with Crippen LogP contribution in [0.2, 0.25) is 0 Å². The zero-order valence-electron chi connectivity index (χ0n) is 15.3. The lowest BCUT2D eigenvalue weighted by Crippen LogP contribution is -2.14. The number of aryl methyl sites for hydroxylation is 3. The van der Waals surface area contributed by atoms with E-state index >= 15 is 0 Å². The van der Waals surface area contributed by atoms with Crippen LogP contribution in [0.1, 0.15) is 29.3 Å². The first-order valence-corrected chi connectivity index (χ1v) is 9.30. The Morgan fingerprint density at radius 3 is 2.58 bits per heavy atom. The second kappa shape index (κ2) is 7.41. The lowest BCUT2D eigenvalue weighted by molar-refractivity contribution is 0.833. The minimum Gasteiger partial charge on any atom is -0.293 e. The molecule has 0 aliphatic heterocycles. The van der Waals surface area contributed by atoms with Crippen molar-refractivity contribution in [3.63, 3.8) is 0 Å². The lowest BCUT2D eigenvalue weighted by Gasteiger charge is -2.06. The van der Waals surface area contributed by atoms with Gasteiger partial charge in [0.2, 0.25) is 0 Å². The molecule has 1 heterocycles. The summed E-state index contributed by atoms with van der Waals surface area (Å²) in [6.07, 6.45) is 0.968. The number of H-pyrrole nitrogens is 1. The number of halogens is 1. The Morgan fingerprint density at radius 2 is 1.88 bits per heavy atom. The number of rotatable bonds is 4. The highest BCUT2D eigenvalue weighted by Gasteiger charge is 2.13. The smallest absolute Gasteiger partial charge is 0.293 e. The van der Waals surface area contributed by atoms with Crippen LogP contribution in [0.5, 0.6) is 0 Å². The standard InChI is InChI=1S/C20H21BrN4O/c1-5-15-9-10-16(11-12(15)2)25-20(26)19(14(4)24-25)23-22-18-8-6-7-17(21)13(18)3/h6-11,24H,5H2,1-4H3. The van der Waals surface area contributed by atoms with Gasteiger partial charge in [-0.15, -0.1) is 10.2 Å². The Morgan fingerprint density at radius 1 is 1.12 bits per heavy atom. The second-order valence-corrected chi connectivity index (χ2v) is 7.13. The molecule has 6 heteroatoms. The summed E-state index contributed by atoms with van der Waals surface area (Å²) in [7, 11) is 0. The van der Waals surface area contributed by atoms with E-state index in [-0.39, 0.29) is 5.56 Å². The Hall–Kier alpha value is -2.47. The van der Waals surface area contributed by atoms with Crippen molar-refractivity contribution in [2.24, 2.45) is 10.2 Å². The van der Waals surface area contributed by atoms with E-state index in [1.54, 1.807) is 0 Å². The molecule has 3 aromatic rings. The molecule has 0 bridgehead atoms. The number of nitrogens with one attached hydrogen (secondary N) is 1. The maximum atomic E-state index is 12.8. The molecule has 0 radical (unpaired) electrons. The van der Waals surface area contributed by atoms with E-state index in [4.69, 9.17) is 0 Å². The van der Waals surface area contributed by atoms with E-state index in [2.05, 4.69) is 51.2 Å². The van der Waals surface area contributed by atoms with Gasteiger partial charge in [0.1, 0.15) is 0 Å². The van der Waals surface area contributed by atoms with Crippen LogP contribution in [-0.2, 0) is 6.42 Å². The van der Waals surface area contributed by atoms with Gasteiger partial charge in [-0.25, -0.2) is 4.68 Å². The number of aromatic amines is 1. The monoisotopic (exact) mass is 412 g/mol. The van der Waals surface area contributed by atoms with Crippen molar-refractivity contribution in [3.05, 3.63) is 73.6 Å².